The number of unbranched alkanes of at least 4 members (excludes halogenated alkanes) is 19. The Bertz CT molecular complexity index is 1680. The van der Waals surface area contributed by atoms with Crippen LogP contribution in [0.2, 0.25) is 0 Å². The van der Waals surface area contributed by atoms with Gasteiger partial charge in [0.15, 0.2) is 6.10 Å². The molecule has 0 saturated heterocycles. The molecule has 76 heavy (non-hydrogen) atoms. The maximum Gasteiger partial charge on any atom is 0.306 e. The van der Waals surface area contributed by atoms with Crippen molar-refractivity contribution < 1.29 is 28.6 Å². The number of carbonyl (C=O) groups is 3. The van der Waals surface area contributed by atoms with Crippen LogP contribution < -0.4 is 0 Å². The molecule has 6 nitrogen and oxygen atoms in total. The van der Waals surface area contributed by atoms with Crippen molar-refractivity contribution in [3.05, 3.63) is 146 Å². The van der Waals surface area contributed by atoms with Crippen LogP contribution in [0.15, 0.2) is 146 Å². The van der Waals surface area contributed by atoms with E-state index >= 15 is 0 Å². The number of esters is 3. The van der Waals surface area contributed by atoms with E-state index in [1.54, 1.807) is 0 Å². The van der Waals surface area contributed by atoms with Crippen LogP contribution in [-0.2, 0) is 28.6 Å². The number of ether oxygens (including phenoxy) is 3. The second-order valence-corrected chi connectivity index (χ2v) is 19.9. The van der Waals surface area contributed by atoms with E-state index in [0.717, 1.165) is 141 Å². The van der Waals surface area contributed by atoms with Crippen LogP contribution in [0.25, 0.3) is 0 Å². The Morgan fingerprint density at radius 2 is 0.526 bits per heavy atom. The van der Waals surface area contributed by atoms with Crippen LogP contribution in [0.4, 0.5) is 0 Å². The fourth-order valence-electron chi connectivity index (χ4n) is 7.96. The average Bonchev–Trinajstić information content (AvgIpc) is 3.42. The van der Waals surface area contributed by atoms with Gasteiger partial charge in [0.05, 0.1) is 0 Å². The van der Waals surface area contributed by atoms with Crippen molar-refractivity contribution in [1.29, 1.82) is 0 Å². The maximum atomic E-state index is 12.8. The quantitative estimate of drug-likeness (QED) is 0.0261. The predicted octanol–water partition coefficient (Wildman–Crippen LogP) is 21.2. The summed E-state index contributed by atoms with van der Waals surface area (Å²) in [6.07, 6.45) is 90.0. The molecule has 0 rings (SSSR count). The molecule has 0 aliphatic rings. The van der Waals surface area contributed by atoms with Crippen LogP contribution in [0, 0.1) is 0 Å². The van der Waals surface area contributed by atoms with E-state index in [4.69, 9.17) is 14.2 Å². The van der Waals surface area contributed by atoms with Gasteiger partial charge in [-0.15, -0.1) is 0 Å². The van der Waals surface area contributed by atoms with Gasteiger partial charge in [0.2, 0.25) is 0 Å². The van der Waals surface area contributed by atoms with E-state index in [2.05, 4.69) is 167 Å². The summed E-state index contributed by atoms with van der Waals surface area (Å²) in [6, 6.07) is 0. The minimum atomic E-state index is -0.807. The van der Waals surface area contributed by atoms with E-state index in [1.165, 1.54) is 70.6 Å². The Morgan fingerprint density at radius 1 is 0.276 bits per heavy atom. The molecular weight excluding hydrogens is 937 g/mol. The minimum Gasteiger partial charge on any atom is -0.462 e. The van der Waals surface area contributed by atoms with Crippen molar-refractivity contribution in [3.63, 3.8) is 0 Å². The van der Waals surface area contributed by atoms with Crippen molar-refractivity contribution in [1.82, 2.24) is 0 Å². The predicted molar refractivity (Wildman–Crippen MR) is 329 cm³/mol. The molecule has 0 radical (unpaired) electrons. The highest BCUT2D eigenvalue weighted by Crippen LogP contribution is 2.14. The smallest absolute Gasteiger partial charge is 0.306 e. The number of rotatable bonds is 54. The summed E-state index contributed by atoms with van der Waals surface area (Å²) in [6.45, 7) is 6.42. The second kappa shape index (κ2) is 62.8. The van der Waals surface area contributed by atoms with E-state index in [-0.39, 0.29) is 31.1 Å². The van der Waals surface area contributed by atoms with Crippen molar-refractivity contribution in [3.8, 4) is 0 Å². The van der Waals surface area contributed by atoms with Gasteiger partial charge >= 0.3 is 17.9 Å². The fourth-order valence-corrected chi connectivity index (χ4v) is 7.96. The van der Waals surface area contributed by atoms with Gasteiger partial charge in [-0.2, -0.15) is 0 Å². The molecule has 0 heterocycles. The lowest BCUT2D eigenvalue weighted by molar-refractivity contribution is -0.167. The van der Waals surface area contributed by atoms with Gasteiger partial charge in [-0.3, -0.25) is 14.4 Å². The number of hydrogen-bond donors (Lipinski definition) is 0. The molecule has 0 aromatic carbocycles. The first-order valence-corrected chi connectivity index (χ1v) is 30.8. The van der Waals surface area contributed by atoms with Gasteiger partial charge in [-0.05, 0) is 122 Å². The molecule has 0 bridgehead atoms. The second-order valence-electron chi connectivity index (χ2n) is 19.9. The van der Waals surface area contributed by atoms with E-state index < -0.39 is 6.10 Å². The first-order valence-electron chi connectivity index (χ1n) is 30.8. The molecule has 0 aliphatic carbocycles. The van der Waals surface area contributed by atoms with Crippen LogP contribution in [-0.4, -0.2) is 37.2 Å². The topological polar surface area (TPSA) is 78.9 Å². The van der Waals surface area contributed by atoms with Gasteiger partial charge in [0.1, 0.15) is 13.2 Å². The van der Waals surface area contributed by atoms with Crippen molar-refractivity contribution in [2.24, 2.45) is 0 Å². The van der Waals surface area contributed by atoms with Gasteiger partial charge in [-0.25, -0.2) is 0 Å². The molecule has 0 spiro atoms. The lowest BCUT2D eigenvalue weighted by Gasteiger charge is -2.18. The Morgan fingerprint density at radius 3 is 0.868 bits per heavy atom. The number of carbonyl (C=O) groups excluding carboxylic acids is 3. The van der Waals surface area contributed by atoms with Crippen molar-refractivity contribution in [2.45, 2.75) is 264 Å². The largest absolute Gasteiger partial charge is 0.462 e. The summed E-state index contributed by atoms with van der Waals surface area (Å²) < 4.78 is 16.8. The van der Waals surface area contributed by atoms with E-state index in [0.29, 0.717) is 25.7 Å². The molecule has 1 unspecified atom stereocenters. The normalized spacial score (nSPS) is 13.1. The van der Waals surface area contributed by atoms with Gasteiger partial charge < -0.3 is 14.2 Å². The highest BCUT2D eigenvalue weighted by molar-refractivity contribution is 5.71. The monoisotopic (exact) mass is 1050 g/mol. The van der Waals surface area contributed by atoms with Crippen LogP contribution in [0.5, 0.6) is 0 Å². The summed E-state index contributed by atoms with van der Waals surface area (Å²) in [4.78, 5) is 38.1. The van der Waals surface area contributed by atoms with Crippen LogP contribution in [0.3, 0.4) is 0 Å². The highest BCUT2D eigenvalue weighted by Gasteiger charge is 2.19. The Hall–Kier alpha value is -4.71. The Balaban J connectivity index is 4.35. The van der Waals surface area contributed by atoms with E-state index in [1.807, 2.05) is 0 Å². The molecule has 428 valence electrons. The first-order chi connectivity index (χ1) is 37.5. The molecule has 0 N–H and O–H groups in total. The molecular formula is C70H112O6. The third-order valence-electron chi connectivity index (χ3n) is 12.6. The lowest BCUT2D eigenvalue weighted by atomic mass is 10.1. The maximum absolute atomic E-state index is 12.8. The van der Waals surface area contributed by atoms with Crippen LogP contribution >= 0.6 is 0 Å². The van der Waals surface area contributed by atoms with E-state index in [9.17, 15) is 14.4 Å². The SMILES string of the molecule is CC/C=C\C/C=C\C/C=C\C/C=C\C/C=C\C/C=C\C/C=C\C/C=C\C/C=C\C/C=C\CCCCC(=O)OCC(COC(=O)CCCCCCCCCCCCC)OC(=O)CCCCCCC/C=C\C/C=C\CCCC. The zero-order chi connectivity index (χ0) is 55.0. The third-order valence-corrected chi connectivity index (χ3v) is 12.6. The summed E-state index contributed by atoms with van der Waals surface area (Å²) >= 11 is 0. The standard InChI is InChI=1S/C70H112O6/c1-4-7-10-13-16-19-22-24-26-27-28-29-30-31-32-33-34-35-36-37-38-39-40-41-42-43-44-46-48-51-54-57-60-63-69(72)75-66-67(65-74-68(71)62-59-56-53-50-47-21-18-15-12-9-6-3)76-70(73)64-61-58-55-52-49-45-25-23-20-17-14-11-8-5-2/h7,10,14,16-17,19,23-26,28-29,31-32,34-35,37-38,40-41,43-44,48,51,67H,4-6,8-9,11-13,15,18,20-22,27,30,33,36,39,42,45-47,49-50,52-66H2,1-3H3/b10-7-,17-14-,19-16-,25-23-,26-24-,29-28-,32-31-,35-34-,38-37-,41-40-,44-43-,51-48-. The zero-order valence-electron chi connectivity index (χ0n) is 49.0. The molecule has 6 heteroatoms. The molecule has 0 fully saturated rings. The lowest BCUT2D eigenvalue weighted by Crippen LogP contribution is -2.30. The number of allylic oxidation sites excluding steroid dienone is 24. The molecule has 0 amide bonds. The summed E-state index contributed by atoms with van der Waals surface area (Å²) in [5.41, 5.74) is 0. The summed E-state index contributed by atoms with van der Waals surface area (Å²) in [5.74, 6) is -0.965. The zero-order valence-corrected chi connectivity index (χ0v) is 49.0. The molecule has 0 aromatic heterocycles. The summed E-state index contributed by atoms with van der Waals surface area (Å²) in [5, 5.41) is 0. The summed E-state index contributed by atoms with van der Waals surface area (Å²) in [7, 11) is 0. The Kier molecular flexibility index (Phi) is 58.9. The molecule has 0 aliphatic heterocycles. The molecule has 0 saturated carbocycles. The Labute approximate surface area is 467 Å². The van der Waals surface area contributed by atoms with Gasteiger partial charge in [0, 0.05) is 19.3 Å². The molecule has 1 atom stereocenters. The number of hydrogen-bond acceptors (Lipinski definition) is 6. The third kappa shape index (κ3) is 60.2. The highest BCUT2D eigenvalue weighted by atomic mass is 16.6. The van der Waals surface area contributed by atoms with Crippen LogP contribution in [0.1, 0.15) is 258 Å². The van der Waals surface area contributed by atoms with Crippen molar-refractivity contribution in [2.75, 3.05) is 13.2 Å². The first kappa shape index (κ1) is 71.3. The van der Waals surface area contributed by atoms with Gasteiger partial charge in [-0.1, -0.05) is 263 Å². The fraction of sp³-hybridized carbons (Fsp3) is 0.614. The molecule has 0 aromatic rings. The van der Waals surface area contributed by atoms with Gasteiger partial charge in [0.25, 0.3) is 0 Å². The van der Waals surface area contributed by atoms with Crippen molar-refractivity contribution >= 4 is 17.9 Å². The minimum absolute atomic E-state index is 0.100. The average molecular weight is 1050 g/mol.